The van der Waals surface area contributed by atoms with Gasteiger partial charge in [0.25, 0.3) is 0 Å². The molecular formula is C20H36N6O9. The average molecular weight is 505 g/mol. The van der Waals surface area contributed by atoms with Crippen molar-refractivity contribution in [2.75, 3.05) is 13.2 Å². The summed E-state index contributed by atoms with van der Waals surface area (Å²) in [6, 6.07) is -6.96. The molecule has 0 aromatic heterocycles. The molecule has 0 fully saturated rings. The van der Waals surface area contributed by atoms with Crippen LogP contribution in [0.1, 0.15) is 34.1 Å². The quantitative estimate of drug-likeness (QED) is 0.103. The maximum atomic E-state index is 12.8. The largest absolute Gasteiger partial charge is 0.480 e. The summed E-state index contributed by atoms with van der Waals surface area (Å²) in [5.41, 5.74) is 10.8. The van der Waals surface area contributed by atoms with Gasteiger partial charge in [-0.1, -0.05) is 27.7 Å². The van der Waals surface area contributed by atoms with Crippen molar-refractivity contribution in [3.05, 3.63) is 0 Å². The van der Waals surface area contributed by atoms with E-state index in [1.54, 1.807) is 27.7 Å². The number of amides is 5. The molecule has 5 amide bonds. The summed E-state index contributed by atoms with van der Waals surface area (Å²) < 4.78 is 0. The number of rotatable bonds is 15. The minimum Gasteiger partial charge on any atom is -0.480 e. The molecule has 0 aromatic rings. The lowest BCUT2D eigenvalue weighted by molar-refractivity contribution is -0.143. The van der Waals surface area contributed by atoms with Gasteiger partial charge in [-0.05, 0) is 11.8 Å². The van der Waals surface area contributed by atoms with Gasteiger partial charge in [0, 0.05) is 0 Å². The van der Waals surface area contributed by atoms with Gasteiger partial charge >= 0.3 is 5.97 Å². The Balaban J connectivity index is 5.53. The van der Waals surface area contributed by atoms with Crippen LogP contribution in [0.3, 0.4) is 0 Å². The van der Waals surface area contributed by atoms with E-state index in [2.05, 4.69) is 16.0 Å². The number of carboxylic acid groups (broad SMARTS) is 1. The molecule has 0 aliphatic rings. The van der Waals surface area contributed by atoms with E-state index in [1.165, 1.54) is 0 Å². The maximum absolute atomic E-state index is 12.8. The van der Waals surface area contributed by atoms with Gasteiger partial charge < -0.3 is 48.1 Å². The normalized spacial score (nSPS) is 15.3. The number of nitrogens with two attached hydrogens (primary N) is 2. The number of carbonyl (C=O) groups is 6. The highest BCUT2D eigenvalue weighted by Gasteiger charge is 2.33. The van der Waals surface area contributed by atoms with E-state index in [0.29, 0.717) is 0 Å². The van der Waals surface area contributed by atoms with Crippen molar-refractivity contribution in [3.63, 3.8) is 0 Å². The maximum Gasteiger partial charge on any atom is 0.328 e. The Kier molecular flexibility index (Phi) is 13.5. The Bertz CT molecular complexity index is 789. The Labute approximate surface area is 202 Å². The number of carbonyl (C=O) groups excluding carboxylic acids is 5. The molecule has 0 spiro atoms. The molecule has 0 saturated heterocycles. The minimum atomic E-state index is -1.69. The Morgan fingerprint density at radius 1 is 0.686 bits per heavy atom. The zero-order valence-corrected chi connectivity index (χ0v) is 20.1. The third kappa shape index (κ3) is 10.7. The van der Waals surface area contributed by atoms with Crippen LogP contribution in [-0.2, 0) is 28.8 Å². The van der Waals surface area contributed by atoms with Crippen molar-refractivity contribution in [1.29, 1.82) is 0 Å². The van der Waals surface area contributed by atoms with Crippen molar-refractivity contribution < 1.29 is 44.1 Å². The fourth-order valence-corrected chi connectivity index (χ4v) is 2.68. The first-order chi connectivity index (χ1) is 16.2. The molecule has 15 heteroatoms. The molecule has 0 radical (unpaired) electrons. The minimum absolute atomic E-state index is 0.244. The predicted octanol–water partition coefficient (Wildman–Crippen LogP) is -4.49. The lowest BCUT2D eigenvalue weighted by Gasteiger charge is -2.27. The zero-order chi connectivity index (χ0) is 27.5. The molecule has 0 heterocycles. The summed E-state index contributed by atoms with van der Waals surface area (Å²) in [4.78, 5) is 72.4. The summed E-state index contributed by atoms with van der Waals surface area (Å²) in [7, 11) is 0. The van der Waals surface area contributed by atoms with Crippen molar-refractivity contribution >= 4 is 35.5 Å². The van der Waals surface area contributed by atoms with E-state index in [4.69, 9.17) is 21.7 Å². The molecule has 0 aliphatic carbocycles. The molecule has 0 aromatic carbocycles. The van der Waals surface area contributed by atoms with Crippen LogP contribution in [0, 0.1) is 11.8 Å². The number of carboxylic acids is 1. The third-order valence-electron chi connectivity index (χ3n) is 4.92. The van der Waals surface area contributed by atoms with Crippen LogP contribution in [0.5, 0.6) is 0 Å². The Morgan fingerprint density at radius 3 is 1.54 bits per heavy atom. The van der Waals surface area contributed by atoms with Crippen molar-refractivity contribution in [2.45, 2.75) is 64.3 Å². The Hall–Kier alpha value is -3.30. The highest BCUT2D eigenvalue weighted by Crippen LogP contribution is 2.05. The van der Waals surface area contributed by atoms with Crippen LogP contribution in [0.25, 0.3) is 0 Å². The second-order valence-electron chi connectivity index (χ2n) is 8.56. The molecule has 0 bridgehead atoms. The van der Waals surface area contributed by atoms with Crippen molar-refractivity contribution in [3.8, 4) is 0 Å². The number of hydrogen-bond donors (Lipinski definition) is 9. The molecule has 15 nitrogen and oxygen atoms in total. The van der Waals surface area contributed by atoms with Crippen LogP contribution in [0.4, 0.5) is 0 Å². The number of aliphatic carboxylic acids is 1. The number of hydrogen-bond acceptors (Lipinski definition) is 9. The zero-order valence-electron chi connectivity index (χ0n) is 20.1. The topological polar surface area (TPSA) is 263 Å². The Morgan fingerprint density at radius 2 is 1.14 bits per heavy atom. The van der Waals surface area contributed by atoms with Crippen molar-refractivity contribution in [2.24, 2.45) is 23.3 Å². The molecular weight excluding hydrogens is 468 g/mol. The molecule has 0 unspecified atom stereocenters. The summed E-state index contributed by atoms with van der Waals surface area (Å²) in [6.07, 6.45) is -0.698. The standard InChI is InChI=1S/C20H36N6O9/c1-8(2)14(22)18(32)24-11(6-27)17(31)26-15(9(3)4)19(33)23-10(5-13(21)29)16(30)25-12(7-28)20(34)35/h8-12,14-15,27-28H,5-7,22H2,1-4H3,(H2,21,29)(H,23,33)(H,24,32)(H,25,30)(H,26,31)(H,34,35)/t10-,11-,12-,14-,15-/m0/s1. The van der Waals surface area contributed by atoms with E-state index in [0.717, 1.165) is 0 Å². The average Bonchev–Trinajstić information content (AvgIpc) is 2.76. The van der Waals surface area contributed by atoms with Gasteiger partial charge in [0.1, 0.15) is 24.2 Å². The molecule has 11 N–H and O–H groups in total. The third-order valence-corrected chi connectivity index (χ3v) is 4.92. The summed E-state index contributed by atoms with van der Waals surface area (Å²) in [6.45, 7) is 4.75. The van der Waals surface area contributed by atoms with Crippen LogP contribution < -0.4 is 32.7 Å². The molecule has 0 aliphatic heterocycles. The fraction of sp³-hybridized carbons (Fsp3) is 0.700. The van der Waals surface area contributed by atoms with Gasteiger partial charge in [-0.25, -0.2) is 4.79 Å². The summed E-state index contributed by atoms with van der Waals surface area (Å²) >= 11 is 0. The molecule has 0 saturated carbocycles. The number of nitrogens with one attached hydrogen (secondary N) is 4. The van der Waals surface area contributed by atoms with E-state index in [-0.39, 0.29) is 5.92 Å². The van der Waals surface area contributed by atoms with Crippen LogP contribution in [0.2, 0.25) is 0 Å². The van der Waals surface area contributed by atoms with Gasteiger partial charge in [0.2, 0.25) is 29.5 Å². The second-order valence-corrected chi connectivity index (χ2v) is 8.56. The van der Waals surface area contributed by atoms with Crippen molar-refractivity contribution in [1.82, 2.24) is 21.3 Å². The molecule has 5 atom stereocenters. The number of primary amides is 1. The first-order valence-corrected chi connectivity index (χ1v) is 10.9. The van der Waals surface area contributed by atoms with Gasteiger partial charge in [0.15, 0.2) is 0 Å². The lowest BCUT2D eigenvalue weighted by atomic mass is 10.0. The number of aliphatic hydroxyl groups excluding tert-OH is 2. The highest BCUT2D eigenvalue weighted by molar-refractivity contribution is 5.97. The monoisotopic (exact) mass is 504 g/mol. The highest BCUT2D eigenvalue weighted by atomic mass is 16.4. The predicted molar refractivity (Wildman–Crippen MR) is 121 cm³/mol. The van der Waals surface area contributed by atoms with Crippen LogP contribution in [0.15, 0.2) is 0 Å². The molecule has 200 valence electrons. The fourth-order valence-electron chi connectivity index (χ4n) is 2.68. The second kappa shape index (κ2) is 14.9. The summed E-state index contributed by atoms with van der Waals surface area (Å²) in [5, 5.41) is 36.4. The molecule has 35 heavy (non-hydrogen) atoms. The van der Waals surface area contributed by atoms with Gasteiger partial charge in [-0.3, -0.25) is 24.0 Å². The van der Waals surface area contributed by atoms with Gasteiger partial charge in [-0.15, -0.1) is 0 Å². The smallest absolute Gasteiger partial charge is 0.328 e. The number of aliphatic hydroxyl groups is 2. The van der Waals surface area contributed by atoms with E-state index >= 15 is 0 Å². The van der Waals surface area contributed by atoms with Crippen LogP contribution >= 0.6 is 0 Å². The van der Waals surface area contributed by atoms with Crippen LogP contribution in [-0.4, -0.2) is 94.2 Å². The van der Waals surface area contributed by atoms with E-state index in [1.807, 2.05) is 5.32 Å². The van der Waals surface area contributed by atoms with E-state index in [9.17, 15) is 33.9 Å². The first-order valence-electron chi connectivity index (χ1n) is 10.9. The van der Waals surface area contributed by atoms with Gasteiger partial charge in [-0.2, -0.15) is 0 Å². The summed E-state index contributed by atoms with van der Waals surface area (Å²) in [5.74, 6) is -6.96. The lowest BCUT2D eigenvalue weighted by Crippen LogP contribution is -2.61. The van der Waals surface area contributed by atoms with E-state index < -0.39 is 91.3 Å². The molecule has 0 rings (SSSR count). The first kappa shape index (κ1) is 31.7. The SMILES string of the molecule is CC(C)[C@H](N)C(=O)N[C@@H](CO)C(=O)N[C@H](C(=O)N[C@@H](CC(N)=O)C(=O)N[C@@H](CO)C(=O)O)C(C)C. The van der Waals surface area contributed by atoms with Gasteiger partial charge in [0.05, 0.1) is 25.7 Å².